The Morgan fingerprint density at radius 3 is 3.00 bits per heavy atom. The molecule has 0 saturated carbocycles. The second-order valence-electron chi connectivity index (χ2n) is 5.67. The molecule has 2 bridgehead atoms. The summed E-state index contributed by atoms with van der Waals surface area (Å²) in [5.74, 6) is 0.250. The number of hydrogen-bond acceptors (Lipinski definition) is 2. The Bertz CT molecular complexity index is 337. The lowest BCUT2D eigenvalue weighted by Gasteiger charge is -2.29. The third-order valence-electron chi connectivity index (χ3n) is 4.50. The van der Waals surface area contributed by atoms with Crippen LogP contribution in [0.25, 0.3) is 0 Å². The maximum atomic E-state index is 11.6. The molecule has 0 spiro atoms. The number of amides is 1. The molecule has 3 aliphatic rings. The highest BCUT2D eigenvalue weighted by Gasteiger charge is 2.37. The molecular formula is C14H22N2O. The first-order valence-corrected chi connectivity index (χ1v) is 7.03. The Morgan fingerprint density at radius 2 is 2.18 bits per heavy atom. The standard InChI is InChI=1S/C14H22N2O/c17-14-8-12-6-7-13(9-15-14)16(12)10-11-4-2-1-3-5-11/h4,12-13H,1-3,5-10H2,(H,15,17). The van der Waals surface area contributed by atoms with E-state index in [1.54, 1.807) is 5.57 Å². The summed E-state index contributed by atoms with van der Waals surface area (Å²) in [5, 5.41) is 3.04. The van der Waals surface area contributed by atoms with Gasteiger partial charge in [0.05, 0.1) is 0 Å². The van der Waals surface area contributed by atoms with Crippen molar-refractivity contribution in [1.29, 1.82) is 0 Å². The minimum atomic E-state index is 0.250. The molecule has 1 N–H and O–H groups in total. The fourth-order valence-electron chi connectivity index (χ4n) is 3.51. The summed E-state index contributed by atoms with van der Waals surface area (Å²) in [4.78, 5) is 14.2. The average molecular weight is 234 g/mol. The van der Waals surface area contributed by atoms with Gasteiger partial charge in [-0.25, -0.2) is 0 Å². The third kappa shape index (κ3) is 2.39. The summed E-state index contributed by atoms with van der Waals surface area (Å²) in [6.45, 7) is 1.98. The average Bonchev–Trinajstić information content (AvgIpc) is 2.62. The van der Waals surface area contributed by atoms with E-state index in [0.717, 1.165) is 13.1 Å². The topological polar surface area (TPSA) is 32.3 Å². The van der Waals surface area contributed by atoms with Crippen LogP contribution in [0.5, 0.6) is 0 Å². The summed E-state index contributed by atoms with van der Waals surface area (Å²) in [6, 6.07) is 1.10. The molecule has 2 atom stereocenters. The largest absolute Gasteiger partial charge is 0.354 e. The van der Waals surface area contributed by atoms with E-state index in [9.17, 15) is 4.79 Å². The Morgan fingerprint density at radius 1 is 1.29 bits per heavy atom. The highest BCUT2D eigenvalue weighted by atomic mass is 16.1. The molecule has 2 fully saturated rings. The molecule has 17 heavy (non-hydrogen) atoms. The first-order chi connectivity index (χ1) is 8.33. The Kier molecular flexibility index (Phi) is 3.19. The van der Waals surface area contributed by atoms with E-state index in [4.69, 9.17) is 0 Å². The lowest BCUT2D eigenvalue weighted by atomic mass is 9.98. The number of hydrogen-bond donors (Lipinski definition) is 1. The van der Waals surface area contributed by atoms with Crippen molar-refractivity contribution in [3.8, 4) is 0 Å². The van der Waals surface area contributed by atoms with E-state index < -0.39 is 0 Å². The monoisotopic (exact) mass is 234 g/mol. The van der Waals surface area contributed by atoms with Crippen molar-refractivity contribution in [2.75, 3.05) is 13.1 Å². The van der Waals surface area contributed by atoms with Crippen molar-refractivity contribution < 1.29 is 4.79 Å². The molecule has 0 radical (unpaired) electrons. The van der Waals surface area contributed by atoms with Gasteiger partial charge in [0.2, 0.25) is 5.91 Å². The number of carbonyl (C=O) groups excluding carboxylic acids is 1. The molecule has 94 valence electrons. The Balaban J connectivity index is 1.69. The molecule has 2 saturated heterocycles. The maximum Gasteiger partial charge on any atom is 0.221 e. The molecule has 3 heteroatoms. The van der Waals surface area contributed by atoms with Gasteiger partial charge in [0.1, 0.15) is 0 Å². The smallest absolute Gasteiger partial charge is 0.221 e. The highest BCUT2D eigenvalue weighted by molar-refractivity contribution is 5.77. The normalized spacial score (nSPS) is 34.1. The van der Waals surface area contributed by atoms with E-state index in [1.807, 2.05) is 0 Å². The highest BCUT2D eigenvalue weighted by Crippen LogP contribution is 2.30. The predicted molar refractivity (Wildman–Crippen MR) is 67.7 cm³/mol. The van der Waals surface area contributed by atoms with Crippen LogP contribution in [0, 0.1) is 0 Å². The number of carbonyl (C=O) groups is 1. The molecule has 1 aliphatic carbocycles. The van der Waals surface area contributed by atoms with E-state index in [2.05, 4.69) is 16.3 Å². The van der Waals surface area contributed by atoms with E-state index in [1.165, 1.54) is 38.5 Å². The zero-order chi connectivity index (χ0) is 11.7. The second kappa shape index (κ2) is 4.81. The number of fused-ring (bicyclic) bond motifs is 2. The van der Waals surface area contributed by atoms with E-state index in [0.29, 0.717) is 18.5 Å². The summed E-state index contributed by atoms with van der Waals surface area (Å²) in [7, 11) is 0. The van der Waals surface area contributed by atoms with Crippen LogP contribution in [0.4, 0.5) is 0 Å². The van der Waals surface area contributed by atoms with Crippen molar-refractivity contribution in [3.05, 3.63) is 11.6 Å². The molecule has 0 aromatic heterocycles. The first-order valence-electron chi connectivity index (χ1n) is 7.03. The summed E-state index contributed by atoms with van der Waals surface area (Å²) in [6.07, 6.45) is 10.9. The molecule has 3 rings (SSSR count). The second-order valence-corrected chi connectivity index (χ2v) is 5.67. The van der Waals surface area contributed by atoms with Gasteiger partial charge in [0, 0.05) is 31.6 Å². The SMILES string of the molecule is O=C1CC2CCC(CN1)N2CC1=CCCCC1. The quantitative estimate of drug-likeness (QED) is 0.739. The van der Waals surface area contributed by atoms with Crippen molar-refractivity contribution in [1.82, 2.24) is 10.2 Å². The lowest BCUT2D eigenvalue weighted by Crippen LogP contribution is -2.39. The van der Waals surface area contributed by atoms with Crippen LogP contribution in [-0.2, 0) is 4.79 Å². The van der Waals surface area contributed by atoms with Crippen LogP contribution in [0.1, 0.15) is 44.9 Å². The van der Waals surface area contributed by atoms with Gasteiger partial charge in [0.15, 0.2) is 0 Å². The first kappa shape index (κ1) is 11.3. The zero-order valence-electron chi connectivity index (χ0n) is 10.5. The molecular weight excluding hydrogens is 212 g/mol. The number of nitrogens with zero attached hydrogens (tertiary/aromatic N) is 1. The van der Waals surface area contributed by atoms with Crippen LogP contribution in [-0.4, -0.2) is 36.0 Å². The number of rotatable bonds is 2. The minimum absolute atomic E-state index is 0.250. The van der Waals surface area contributed by atoms with Gasteiger partial charge in [-0.15, -0.1) is 0 Å². The lowest BCUT2D eigenvalue weighted by molar-refractivity contribution is -0.121. The Hall–Kier alpha value is -0.830. The summed E-state index contributed by atoms with van der Waals surface area (Å²) >= 11 is 0. The van der Waals surface area contributed by atoms with Crippen molar-refractivity contribution in [3.63, 3.8) is 0 Å². The Labute approximate surface area is 103 Å². The number of nitrogens with one attached hydrogen (secondary N) is 1. The molecule has 2 unspecified atom stereocenters. The predicted octanol–water partition coefficient (Wildman–Crippen LogP) is 1.84. The van der Waals surface area contributed by atoms with Gasteiger partial charge in [-0.2, -0.15) is 0 Å². The molecule has 0 aromatic rings. The van der Waals surface area contributed by atoms with Crippen LogP contribution in [0.3, 0.4) is 0 Å². The van der Waals surface area contributed by atoms with E-state index in [-0.39, 0.29) is 5.91 Å². The van der Waals surface area contributed by atoms with Crippen LogP contribution >= 0.6 is 0 Å². The van der Waals surface area contributed by atoms with Gasteiger partial charge < -0.3 is 5.32 Å². The molecule has 2 heterocycles. The van der Waals surface area contributed by atoms with Crippen molar-refractivity contribution >= 4 is 5.91 Å². The van der Waals surface area contributed by atoms with Gasteiger partial charge in [-0.3, -0.25) is 9.69 Å². The minimum Gasteiger partial charge on any atom is -0.354 e. The molecule has 3 nitrogen and oxygen atoms in total. The maximum absolute atomic E-state index is 11.6. The third-order valence-corrected chi connectivity index (χ3v) is 4.50. The summed E-state index contributed by atoms with van der Waals surface area (Å²) in [5.41, 5.74) is 1.61. The molecule has 2 aliphatic heterocycles. The van der Waals surface area contributed by atoms with E-state index >= 15 is 0 Å². The molecule has 1 amide bonds. The van der Waals surface area contributed by atoms with Crippen LogP contribution in [0.15, 0.2) is 11.6 Å². The van der Waals surface area contributed by atoms with Crippen molar-refractivity contribution in [2.45, 2.75) is 57.0 Å². The van der Waals surface area contributed by atoms with Crippen LogP contribution in [0.2, 0.25) is 0 Å². The fraction of sp³-hybridized carbons (Fsp3) is 0.786. The van der Waals surface area contributed by atoms with Gasteiger partial charge in [0.25, 0.3) is 0 Å². The van der Waals surface area contributed by atoms with Gasteiger partial charge in [-0.05, 0) is 38.5 Å². The summed E-state index contributed by atoms with van der Waals surface area (Å²) < 4.78 is 0. The number of allylic oxidation sites excluding steroid dienone is 1. The fourth-order valence-corrected chi connectivity index (χ4v) is 3.51. The zero-order valence-corrected chi connectivity index (χ0v) is 10.5. The van der Waals surface area contributed by atoms with Crippen molar-refractivity contribution in [2.24, 2.45) is 0 Å². The molecule has 0 aromatic carbocycles. The van der Waals surface area contributed by atoms with Crippen LogP contribution < -0.4 is 5.32 Å². The van der Waals surface area contributed by atoms with Gasteiger partial charge >= 0.3 is 0 Å². The van der Waals surface area contributed by atoms with Gasteiger partial charge in [-0.1, -0.05) is 11.6 Å².